The Balaban J connectivity index is 2.03. The van der Waals surface area contributed by atoms with E-state index in [1.807, 2.05) is 30.3 Å². The lowest BCUT2D eigenvalue weighted by Crippen LogP contribution is -2.59. The molecule has 1 aromatic rings. The summed E-state index contributed by atoms with van der Waals surface area (Å²) in [7, 11) is 0. The van der Waals surface area contributed by atoms with Crippen LogP contribution in [-0.4, -0.2) is 64.8 Å². The lowest BCUT2D eigenvalue weighted by Gasteiger charge is -2.38. The van der Waals surface area contributed by atoms with Gasteiger partial charge in [-0.05, 0) is 53.5 Å². The predicted molar refractivity (Wildman–Crippen MR) is 142 cm³/mol. The molecule has 2 N–H and O–H groups in total. The maximum Gasteiger partial charge on any atom is 0.410 e. The second kappa shape index (κ2) is 13.3. The molecule has 1 fully saturated rings. The number of hydrogen-bond donors (Lipinski definition) is 2. The van der Waals surface area contributed by atoms with Gasteiger partial charge in [0.1, 0.15) is 29.4 Å². The van der Waals surface area contributed by atoms with Crippen LogP contribution in [0.2, 0.25) is 0 Å². The minimum Gasteiger partial charge on any atom is -0.461 e. The number of carbonyl (C=O) groups is 4. The van der Waals surface area contributed by atoms with Gasteiger partial charge in [-0.3, -0.25) is 9.59 Å². The number of benzene rings is 1. The fourth-order valence-electron chi connectivity index (χ4n) is 3.78. The number of rotatable bonds is 8. The minimum absolute atomic E-state index is 0.0652. The highest BCUT2D eigenvalue weighted by Crippen LogP contribution is 2.24. The first kappa shape index (κ1) is 31.4. The molecule has 11 nitrogen and oxygen atoms in total. The number of alkyl carbamates (subject to hydrolysis) is 1. The van der Waals surface area contributed by atoms with E-state index in [4.69, 9.17) is 14.2 Å². The van der Waals surface area contributed by atoms with Crippen molar-refractivity contribution in [3.8, 4) is 6.07 Å². The summed E-state index contributed by atoms with van der Waals surface area (Å²) in [6.07, 6.45) is -1.18. The van der Waals surface area contributed by atoms with Crippen molar-refractivity contribution in [2.45, 2.75) is 96.6 Å². The summed E-state index contributed by atoms with van der Waals surface area (Å²) in [4.78, 5) is 52.0. The summed E-state index contributed by atoms with van der Waals surface area (Å²) in [6.45, 7) is 10.9. The number of carbonyl (C=O) groups excluding carboxylic acids is 4. The van der Waals surface area contributed by atoms with Crippen LogP contribution in [0.3, 0.4) is 0 Å². The van der Waals surface area contributed by atoms with E-state index in [2.05, 4.69) is 16.7 Å². The molecular weight excluding hydrogens is 504 g/mol. The molecule has 1 heterocycles. The first-order valence-electron chi connectivity index (χ1n) is 13.0. The van der Waals surface area contributed by atoms with E-state index in [0.717, 1.165) is 5.56 Å². The van der Waals surface area contributed by atoms with Gasteiger partial charge in [-0.15, -0.1) is 0 Å². The molecule has 1 aliphatic rings. The van der Waals surface area contributed by atoms with Gasteiger partial charge in [-0.1, -0.05) is 30.3 Å². The average molecular weight is 545 g/mol. The molecule has 0 aliphatic carbocycles. The van der Waals surface area contributed by atoms with E-state index in [0.29, 0.717) is 0 Å². The molecule has 0 spiro atoms. The van der Waals surface area contributed by atoms with Gasteiger partial charge in [0.25, 0.3) is 0 Å². The van der Waals surface area contributed by atoms with Crippen LogP contribution in [-0.2, 0) is 30.4 Å². The Morgan fingerprint density at radius 3 is 2.13 bits per heavy atom. The Hall–Kier alpha value is -3.81. The second-order valence-electron chi connectivity index (χ2n) is 11.5. The molecule has 1 aliphatic heterocycles. The van der Waals surface area contributed by atoms with Crippen LogP contribution in [0.1, 0.15) is 72.8 Å². The fourth-order valence-corrected chi connectivity index (χ4v) is 3.78. The van der Waals surface area contributed by atoms with E-state index >= 15 is 0 Å². The smallest absolute Gasteiger partial charge is 0.410 e. The van der Waals surface area contributed by atoms with Crippen LogP contribution >= 0.6 is 0 Å². The molecule has 0 radical (unpaired) electrons. The molecule has 2 rings (SSSR count). The van der Waals surface area contributed by atoms with Gasteiger partial charge in [-0.2, -0.15) is 5.26 Å². The highest BCUT2D eigenvalue weighted by atomic mass is 16.6. The van der Waals surface area contributed by atoms with Crippen molar-refractivity contribution in [2.24, 2.45) is 0 Å². The van der Waals surface area contributed by atoms with E-state index < -0.39 is 46.8 Å². The van der Waals surface area contributed by atoms with Crippen LogP contribution in [0.15, 0.2) is 30.3 Å². The number of nitrogens with one attached hydrogen (secondary N) is 2. The number of nitrogens with zero attached hydrogens (tertiary/aromatic N) is 2. The lowest BCUT2D eigenvalue weighted by molar-refractivity contribution is -0.145. The van der Waals surface area contributed by atoms with Crippen molar-refractivity contribution in [3.05, 3.63) is 35.9 Å². The van der Waals surface area contributed by atoms with E-state index in [1.54, 1.807) is 41.5 Å². The zero-order valence-electron chi connectivity index (χ0n) is 23.7. The lowest BCUT2D eigenvalue weighted by atomic mass is 9.88. The molecule has 214 valence electrons. The largest absolute Gasteiger partial charge is 0.461 e. The Morgan fingerprint density at radius 2 is 1.59 bits per heavy atom. The van der Waals surface area contributed by atoms with Crippen molar-refractivity contribution in [1.82, 2.24) is 15.5 Å². The Bertz CT molecular complexity index is 1050. The number of nitriles is 1. The summed E-state index contributed by atoms with van der Waals surface area (Å²) in [5, 5.41) is 15.2. The van der Waals surface area contributed by atoms with Gasteiger partial charge in [-0.25, -0.2) is 9.59 Å². The molecule has 1 aromatic carbocycles. The Morgan fingerprint density at radius 1 is 1.00 bits per heavy atom. The highest BCUT2D eigenvalue weighted by Gasteiger charge is 2.40. The normalized spacial score (nSPS) is 15.8. The van der Waals surface area contributed by atoms with E-state index in [-0.39, 0.29) is 45.4 Å². The maximum atomic E-state index is 13.3. The number of piperidine rings is 1. The zero-order valence-corrected chi connectivity index (χ0v) is 23.7. The summed E-state index contributed by atoms with van der Waals surface area (Å²) >= 11 is 0. The SMILES string of the molecule is CC(C)(C)OC(=O)N[C@@H](CCC(=O)OCc1ccccc1)C(=O)NC1(C#N)CCN(C(=O)OC(C)(C)C)CC1. The topological polar surface area (TPSA) is 147 Å². The van der Waals surface area contributed by atoms with Crippen molar-refractivity contribution < 1.29 is 33.4 Å². The average Bonchev–Trinajstić information content (AvgIpc) is 2.84. The third-order valence-electron chi connectivity index (χ3n) is 5.73. The molecule has 39 heavy (non-hydrogen) atoms. The van der Waals surface area contributed by atoms with E-state index in [9.17, 15) is 24.4 Å². The molecule has 3 amide bonds. The molecule has 1 saturated heterocycles. The maximum absolute atomic E-state index is 13.3. The molecule has 0 unspecified atom stereocenters. The van der Waals surface area contributed by atoms with Crippen LogP contribution in [0.5, 0.6) is 0 Å². The quantitative estimate of drug-likeness (QED) is 0.371. The van der Waals surface area contributed by atoms with Crippen molar-refractivity contribution in [2.75, 3.05) is 13.1 Å². The summed E-state index contributed by atoms with van der Waals surface area (Å²) in [5.74, 6) is -1.17. The van der Waals surface area contributed by atoms with Gasteiger partial charge in [0.05, 0.1) is 6.07 Å². The van der Waals surface area contributed by atoms with Crippen LogP contribution < -0.4 is 10.6 Å². The fraction of sp³-hybridized carbons (Fsp3) is 0.607. The van der Waals surface area contributed by atoms with Crippen molar-refractivity contribution >= 4 is 24.1 Å². The number of hydrogen-bond acceptors (Lipinski definition) is 8. The molecule has 0 saturated carbocycles. The highest BCUT2D eigenvalue weighted by molar-refractivity contribution is 5.87. The van der Waals surface area contributed by atoms with Gasteiger partial charge in [0.2, 0.25) is 5.91 Å². The summed E-state index contributed by atoms with van der Waals surface area (Å²) in [6, 6.07) is 10.2. The van der Waals surface area contributed by atoms with Gasteiger partial charge >= 0.3 is 18.2 Å². The van der Waals surface area contributed by atoms with Crippen LogP contribution in [0.25, 0.3) is 0 Å². The second-order valence-corrected chi connectivity index (χ2v) is 11.5. The number of ether oxygens (including phenoxy) is 3. The molecule has 11 heteroatoms. The van der Waals surface area contributed by atoms with Crippen molar-refractivity contribution in [3.63, 3.8) is 0 Å². The number of esters is 1. The summed E-state index contributed by atoms with van der Waals surface area (Å²) < 4.78 is 16.0. The standard InChI is InChI=1S/C28H40N4O7/c1-26(2,3)38-24(35)30-21(12-13-22(33)37-18-20-10-8-7-9-11-20)23(34)31-28(19-29)14-16-32(17-15-28)25(36)39-27(4,5)6/h7-11,21H,12-18H2,1-6H3,(H,30,35)(H,31,34)/t21-/m0/s1. The third-order valence-corrected chi connectivity index (χ3v) is 5.73. The molecule has 0 aromatic heterocycles. The molecule has 1 atom stereocenters. The Kier molecular flexibility index (Phi) is 10.7. The Labute approximate surface area is 230 Å². The minimum atomic E-state index is -1.25. The zero-order chi connectivity index (χ0) is 29.3. The van der Waals surface area contributed by atoms with Crippen LogP contribution in [0.4, 0.5) is 9.59 Å². The molecule has 0 bridgehead atoms. The summed E-state index contributed by atoms with van der Waals surface area (Å²) in [5.41, 5.74) is -1.89. The number of likely N-dealkylation sites (tertiary alicyclic amines) is 1. The van der Waals surface area contributed by atoms with Crippen LogP contribution in [0, 0.1) is 11.3 Å². The molecular formula is C28H40N4O7. The van der Waals surface area contributed by atoms with Gasteiger partial charge in [0, 0.05) is 32.4 Å². The van der Waals surface area contributed by atoms with Gasteiger partial charge in [0.15, 0.2) is 0 Å². The van der Waals surface area contributed by atoms with Crippen molar-refractivity contribution in [1.29, 1.82) is 5.26 Å². The first-order chi connectivity index (χ1) is 18.1. The van der Waals surface area contributed by atoms with E-state index in [1.165, 1.54) is 4.90 Å². The monoisotopic (exact) mass is 544 g/mol. The third kappa shape index (κ3) is 11.2. The van der Waals surface area contributed by atoms with Gasteiger partial charge < -0.3 is 29.7 Å². The predicted octanol–water partition coefficient (Wildman–Crippen LogP) is 3.81. The first-order valence-corrected chi connectivity index (χ1v) is 13.0. The number of amides is 3.